The molecule has 0 fully saturated rings. The molecule has 3 aromatic carbocycles. The van der Waals surface area contributed by atoms with Crippen LogP contribution in [0.2, 0.25) is 5.02 Å². The van der Waals surface area contributed by atoms with Gasteiger partial charge in [0.1, 0.15) is 0 Å². The summed E-state index contributed by atoms with van der Waals surface area (Å²) in [4.78, 5) is 50.2. The van der Waals surface area contributed by atoms with Crippen molar-refractivity contribution in [3.8, 4) is 0 Å². The number of nitrogens with one attached hydrogen (secondary N) is 1. The largest absolute Gasteiger partial charge is 0.478 e. The third-order valence-corrected chi connectivity index (χ3v) is 5.68. The highest BCUT2D eigenvalue weighted by Gasteiger charge is 2.41. The summed E-state index contributed by atoms with van der Waals surface area (Å²) >= 11 is 9.27. The molecule has 0 unspecified atom stereocenters. The molecule has 0 aliphatic heterocycles. The van der Waals surface area contributed by atoms with Crippen LogP contribution in [0.15, 0.2) is 83.3 Å². The van der Waals surface area contributed by atoms with Gasteiger partial charge in [0.15, 0.2) is 0 Å². The van der Waals surface area contributed by atoms with Crippen LogP contribution in [0, 0.1) is 0 Å². The first-order valence-electron chi connectivity index (χ1n) is 9.77. The SMILES string of the molecule is O=C(O[C@H](C(=O)O)[C@H](OC(=O)c1ccccc1)C(=O)Nc1ccc(Br)c(Cl)c1)c1ccccc1. The lowest BCUT2D eigenvalue weighted by molar-refractivity contribution is -0.157. The first-order chi connectivity index (χ1) is 16.3. The molecule has 0 aromatic heterocycles. The van der Waals surface area contributed by atoms with Gasteiger partial charge in [0.05, 0.1) is 16.1 Å². The maximum absolute atomic E-state index is 13.0. The summed E-state index contributed by atoms with van der Waals surface area (Å²) in [5.74, 6) is -4.69. The van der Waals surface area contributed by atoms with E-state index in [0.29, 0.717) is 4.47 Å². The Morgan fingerprint density at radius 1 is 0.794 bits per heavy atom. The molecule has 8 nitrogen and oxygen atoms in total. The van der Waals surface area contributed by atoms with Gasteiger partial charge in [-0.3, -0.25) is 4.79 Å². The number of anilines is 1. The summed E-state index contributed by atoms with van der Waals surface area (Å²) in [6, 6.07) is 19.7. The number of hydrogen-bond donors (Lipinski definition) is 2. The Morgan fingerprint density at radius 2 is 1.29 bits per heavy atom. The van der Waals surface area contributed by atoms with Gasteiger partial charge in [0.2, 0.25) is 12.2 Å². The van der Waals surface area contributed by atoms with Gasteiger partial charge in [-0.2, -0.15) is 0 Å². The van der Waals surface area contributed by atoms with Gasteiger partial charge < -0.3 is 19.9 Å². The number of carbonyl (C=O) groups excluding carboxylic acids is 3. The van der Waals surface area contributed by atoms with Gasteiger partial charge in [-0.25, -0.2) is 14.4 Å². The van der Waals surface area contributed by atoms with Crippen LogP contribution in [0.3, 0.4) is 0 Å². The molecule has 34 heavy (non-hydrogen) atoms. The van der Waals surface area contributed by atoms with Crippen molar-refractivity contribution < 1.29 is 33.8 Å². The molecule has 0 aliphatic carbocycles. The zero-order valence-corrected chi connectivity index (χ0v) is 19.7. The normalized spacial score (nSPS) is 12.2. The van der Waals surface area contributed by atoms with E-state index >= 15 is 0 Å². The number of halogens is 2. The summed E-state index contributed by atoms with van der Waals surface area (Å²) in [5, 5.41) is 12.5. The van der Waals surface area contributed by atoms with Gasteiger partial charge in [-0.05, 0) is 58.4 Å². The van der Waals surface area contributed by atoms with Gasteiger partial charge in [0, 0.05) is 10.2 Å². The molecular weight excluding hydrogens is 530 g/mol. The molecule has 0 aliphatic rings. The molecule has 0 saturated carbocycles. The second-order valence-electron chi connectivity index (χ2n) is 6.84. The highest BCUT2D eigenvalue weighted by Crippen LogP contribution is 2.26. The van der Waals surface area contributed by atoms with E-state index in [9.17, 15) is 24.3 Å². The third-order valence-electron chi connectivity index (χ3n) is 4.45. The van der Waals surface area contributed by atoms with Crippen LogP contribution >= 0.6 is 27.5 Å². The topological polar surface area (TPSA) is 119 Å². The molecule has 3 aromatic rings. The van der Waals surface area contributed by atoms with Crippen LogP contribution in [0.25, 0.3) is 0 Å². The molecule has 2 N–H and O–H groups in total. The number of rotatable bonds is 8. The standard InChI is InChI=1S/C24H17BrClNO7/c25-17-12-11-16(13-18(17)26)27-21(28)19(33-23(31)14-7-3-1-4-8-14)20(22(29)30)34-24(32)15-9-5-2-6-10-15/h1-13,19-20H,(H,27,28)(H,29,30)/t19-,20-/m0/s1. The molecule has 1 amide bonds. The zero-order valence-electron chi connectivity index (χ0n) is 17.3. The summed E-state index contributed by atoms with van der Waals surface area (Å²) < 4.78 is 10.9. The maximum Gasteiger partial charge on any atom is 0.349 e. The Morgan fingerprint density at radius 3 is 1.76 bits per heavy atom. The van der Waals surface area contributed by atoms with Crippen LogP contribution in [-0.4, -0.2) is 41.1 Å². The minimum atomic E-state index is -2.13. The number of benzene rings is 3. The molecular formula is C24H17BrClNO7. The van der Waals surface area contributed by atoms with Gasteiger partial charge >= 0.3 is 17.9 Å². The van der Waals surface area contributed by atoms with Crippen molar-refractivity contribution in [1.29, 1.82) is 0 Å². The zero-order chi connectivity index (χ0) is 24.7. The number of carbonyl (C=O) groups is 4. The molecule has 0 saturated heterocycles. The smallest absolute Gasteiger partial charge is 0.349 e. The number of hydrogen-bond acceptors (Lipinski definition) is 6. The monoisotopic (exact) mass is 545 g/mol. The van der Waals surface area contributed by atoms with E-state index in [1.54, 1.807) is 42.5 Å². The average molecular weight is 547 g/mol. The number of carboxylic acid groups (broad SMARTS) is 1. The minimum Gasteiger partial charge on any atom is -0.478 e. The van der Waals surface area contributed by atoms with Crippen molar-refractivity contribution in [2.45, 2.75) is 12.2 Å². The van der Waals surface area contributed by atoms with Crippen molar-refractivity contribution in [1.82, 2.24) is 0 Å². The Balaban J connectivity index is 1.91. The van der Waals surface area contributed by atoms with Gasteiger partial charge in [-0.1, -0.05) is 48.0 Å². The predicted molar refractivity (Wildman–Crippen MR) is 127 cm³/mol. The van der Waals surface area contributed by atoms with E-state index in [2.05, 4.69) is 21.2 Å². The molecule has 0 spiro atoms. The fourth-order valence-corrected chi connectivity index (χ4v) is 3.22. The van der Waals surface area contributed by atoms with Crippen LogP contribution < -0.4 is 5.32 Å². The summed E-state index contributed by atoms with van der Waals surface area (Å²) in [6.45, 7) is 0. The van der Waals surface area contributed by atoms with Gasteiger partial charge in [0.25, 0.3) is 5.91 Å². The Kier molecular flexibility index (Phi) is 8.39. The number of aliphatic carboxylic acids is 1. The fraction of sp³-hybridized carbons (Fsp3) is 0.0833. The van der Waals surface area contributed by atoms with Crippen LogP contribution in [-0.2, 0) is 19.1 Å². The van der Waals surface area contributed by atoms with E-state index in [1.807, 2.05) is 0 Å². The van der Waals surface area contributed by atoms with Crippen molar-refractivity contribution >= 4 is 57.0 Å². The first kappa shape index (κ1) is 24.9. The predicted octanol–water partition coefficient (Wildman–Crippen LogP) is 4.58. The van der Waals surface area contributed by atoms with Crippen molar-refractivity contribution in [2.24, 2.45) is 0 Å². The highest BCUT2D eigenvalue weighted by molar-refractivity contribution is 9.10. The molecule has 2 atom stereocenters. The summed E-state index contributed by atoms with van der Waals surface area (Å²) in [6.07, 6.45) is -4.15. The molecule has 10 heteroatoms. The number of amides is 1. The van der Waals surface area contributed by atoms with Crippen LogP contribution in [0.4, 0.5) is 5.69 Å². The van der Waals surface area contributed by atoms with E-state index in [1.165, 1.54) is 36.4 Å². The number of esters is 2. The lowest BCUT2D eigenvalue weighted by Gasteiger charge is -2.23. The lowest BCUT2D eigenvalue weighted by Crippen LogP contribution is -2.48. The summed E-state index contributed by atoms with van der Waals surface area (Å²) in [7, 11) is 0. The number of ether oxygens (including phenoxy) is 2. The quantitative estimate of drug-likeness (QED) is 0.397. The first-order valence-corrected chi connectivity index (χ1v) is 10.9. The minimum absolute atomic E-state index is 0.0574. The molecule has 0 radical (unpaired) electrons. The van der Waals surface area contributed by atoms with Crippen molar-refractivity contribution in [3.63, 3.8) is 0 Å². The highest BCUT2D eigenvalue weighted by atomic mass is 79.9. The lowest BCUT2D eigenvalue weighted by atomic mass is 10.1. The maximum atomic E-state index is 13.0. The molecule has 174 valence electrons. The van der Waals surface area contributed by atoms with E-state index in [-0.39, 0.29) is 21.8 Å². The number of carboxylic acids is 1. The van der Waals surface area contributed by atoms with E-state index in [4.69, 9.17) is 21.1 Å². The molecule has 0 bridgehead atoms. The Bertz CT molecular complexity index is 1200. The second kappa shape index (κ2) is 11.4. The Hall–Kier alpha value is -3.69. The van der Waals surface area contributed by atoms with Crippen molar-refractivity contribution in [2.75, 3.05) is 5.32 Å². The van der Waals surface area contributed by atoms with Crippen LogP contribution in [0.1, 0.15) is 20.7 Å². The van der Waals surface area contributed by atoms with Gasteiger partial charge in [-0.15, -0.1) is 0 Å². The second-order valence-corrected chi connectivity index (χ2v) is 8.10. The Labute approximate surface area is 207 Å². The van der Waals surface area contributed by atoms with Crippen molar-refractivity contribution in [3.05, 3.63) is 99.5 Å². The fourth-order valence-electron chi connectivity index (χ4n) is 2.80. The summed E-state index contributed by atoms with van der Waals surface area (Å²) in [5.41, 5.74) is 0.338. The average Bonchev–Trinajstić information content (AvgIpc) is 2.84. The molecule has 3 rings (SSSR count). The van der Waals surface area contributed by atoms with E-state index in [0.717, 1.165) is 0 Å². The van der Waals surface area contributed by atoms with Crippen LogP contribution in [0.5, 0.6) is 0 Å². The van der Waals surface area contributed by atoms with E-state index < -0.39 is 36.0 Å². The third kappa shape index (κ3) is 6.43. The molecule has 0 heterocycles.